The van der Waals surface area contributed by atoms with Crippen LogP contribution in [0.5, 0.6) is 0 Å². The average molecular weight is 302 g/mol. The maximum Gasteiger partial charge on any atom is 0.0716 e. The Kier molecular flexibility index (Phi) is 5.53. The summed E-state index contributed by atoms with van der Waals surface area (Å²) in [6.07, 6.45) is 7.76. The van der Waals surface area contributed by atoms with Gasteiger partial charge in [-0.15, -0.1) is 13.2 Å². The van der Waals surface area contributed by atoms with Crippen molar-refractivity contribution in [3.8, 4) is 0 Å². The molecule has 4 heteroatoms. The van der Waals surface area contributed by atoms with Gasteiger partial charge in [0.05, 0.1) is 6.67 Å². The summed E-state index contributed by atoms with van der Waals surface area (Å²) in [5, 5.41) is 0. The van der Waals surface area contributed by atoms with Crippen molar-refractivity contribution in [2.45, 2.75) is 4.90 Å². The van der Waals surface area contributed by atoms with E-state index >= 15 is 0 Å². The molecule has 3 nitrogen and oxygen atoms in total. The molecule has 1 heterocycles. The van der Waals surface area contributed by atoms with Gasteiger partial charge >= 0.3 is 0 Å². The summed E-state index contributed by atoms with van der Waals surface area (Å²) in [4.78, 5) is 5.44. The highest BCUT2D eigenvalue weighted by Gasteiger charge is 2.19. The second-order valence-corrected chi connectivity index (χ2v) is 6.43. The second kappa shape index (κ2) is 7.38. The van der Waals surface area contributed by atoms with Crippen molar-refractivity contribution in [2.75, 3.05) is 32.6 Å². The van der Waals surface area contributed by atoms with E-state index in [1.807, 2.05) is 30.4 Å². The van der Waals surface area contributed by atoms with Crippen molar-refractivity contribution in [1.82, 2.24) is 9.80 Å². The summed E-state index contributed by atoms with van der Waals surface area (Å²) < 4.78 is 11.7. The van der Waals surface area contributed by atoms with Crippen molar-refractivity contribution < 1.29 is 4.21 Å². The molecule has 1 unspecified atom stereocenters. The van der Waals surface area contributed by atoms with Gasteiger partial charge in [0.2, 0.25) is 0 Å². The SMILES string of the molecule is C=CCN1CC=C(c2cccc(S(C)=O)c2)N(CC=C)C1. The van der Waals surface area contributed by atoms with Crippen molar-refractivity contribution in [1.29, 1.82) is 0 Å². The molecular formula is C17H22N2OS. The number of hydrogen-bond acceptors (Lipinski definition) is 3. The van der Waals surface area contributed by atoms with E-state index < -0.39 is 10.8 Å². The van der Waals surface area contributed by atoms with Crippen molar-refractivity contribution in [3.63, 3.8) is 0 Å². The number of hydrogen-bond donors (Lipinski definition) is 0. The van der Waals surface area contributed by atoms with E-state index in [4.69, 9.17) is 0 Å². The molecule has 0 bridgehead atoms. The standard InChI is InChI=1S/C17H22N2OS/c1-4-10-18-12-9-17(19(14-18)11-5-2)15-7-6-8-16(13-15)21(3)20/h4-9,13H,1-2,10-12,14H2,3H3. The maximum atomic E-state index is 11.7. The zero-order valence-corrected chi connectivity index (χ0v) is 13.3. The van der Waals surface area contributed by atoms with Crippen LogP contribution >= 0.6 is 0 Å². The van der Waals surface area contributed by atoms with E-state index in [2.05, 4.69) is 35.1 Å². The molecule has 2 rings (SSSR count). The van der Waals surface area contributed by atoms with Crippen LogP contribution in [0.3, 0.4) is 0 Å². The van der Waals surface area contributed by atoms with Gasteiger partial charge in [-0.3, -0.25) is 9.11 Å². The van der Waals surface area contributed by atoms with E-state index in [1.54, 1.807) is 6.26 Å². The molecule has 112 valence electrons. The number of benzene rings is 1. The zero-order chi connectivity index (χ0) is 15.2. The molecule has 0 aliphatic carbocycles. The highest BCUT2D eigenvalue weighted by atomic mass is 32.2. The molecule has 0 amide bonds. The van der Waals surface area contributed by atoms with Crippen LogP contribution in [0.2, 0.25) is 0 Å². The minimum atomic E-state index is -0.958. The van der Waals surface area contributed by atoms with Crippen LogP contribution in [0.4, 0.5) is 0 Å². The molecule has 0 radical (unpaired) electrons. The number of rotatable bonds is 6. The zero-order valence-electron chi connectivity index (χ0n) is 12.5. The Bertz CT molecular complexity index is 580. The van der Waals surface area contributed by atoms with Gasteiger partial charge in [0, 0.05) is 47.3 Å². The summed E-state index contributed by atoms with van der Waals surface area (Å²) in [6.45, 7) is 11.1. The fourth-order valence-corrected chi connectivity index (χ4v) is 3.04. The van der Waals surface area contributed by atoms with Gasteiger partial charge in [0.25, 0.3) is 0 Å². The molecule has 0 aromatic heterocycles. The lowest BCUT2D eigenvalue weighted by atomic mass is 10.1. The van der Waals surface area contributed by atoms with E-state index in [9.17, 15) is 4.21 Å². The third-order valence-corrected chi connectivity index (χ3v) is 4.37. The summed E-state index contributed by atoms with van der Waals surface area (Å²) in [5.41, 5.74) is 2.30. The van der Waals surface area contributed by atoms with Crippen LogP contribution in [0.15, 0.2) is 60.5 Å². The molecule has 0 fully saturated rings. The van der Waals surface area contributed by atoms with E-state index in [-0.39, 0.29) is 0 Å². The lowest BCUT2D eigenvalue weighted by Gasteiger charge is -2.36. The molecule has 0 saturated carbocycles. The predicted molar refractivity (Wildman–Crippen MR) is 90.3 cm³/mol. The Labute approximate surface area is 129 Å². The van der Waals surface area contributed by atoms with E-state index in [0.717, 1.165) is 36.8 Å². The summed E-state index contributed by atoms with van der Waals surface area (Å²) in [6, 6.07) is 7.96. The van der Waals surface area contributed by atoms with Crippen LogP contribution < -0.4 is 0 Å². The number of nitrogens with zero attached hydrogens (tertiary/aromatic N) is 2. The van der Waals surface area contributed by atoms with Crippen LogP contribution in [-0.4, -0.2) is 46.6 Å². The van der Waals surface area contributed by atoms with Gasteiger partial charge in [-0.2, -0.15) is 0 Å². The lowest BCUT2D eigenvalue weighted by Crippen LogP contribution is -2.41. The molecule has 21 heavy (non-hydrogen) atoms. The molecule has 1 aliphatic rings. The molecular weight excluding hydrogens is 280 g/mol. The highest BCUT2D eigenvalue weighted by Crippen LogP contribution is 2.24. The average Bonchev–Trinajstić information content (AvgIpc) is 2.48. The fourth-order valence-electron chi connectivity index (χ4n) is 2.48. The summed E-state index contributed by atoms with van der Waals surface area (Å²) in [7, 11) is -0.958. The molecule has 1 atom stereocenters. The van der Waals surface area contributed by atoms with E-state index in [1.165, 1.54) is 5.70 Å². The Morgan fingerprint density at radius 3 is 2.71 bits per heavy atom. The molecule has 0 saturated heterocycles. The Morgan fingerprint density at radius 2 is 2.05 bits per heavy atom. The minimum absolute atomic E-state index is 0.791. The van der Waals surface area contributed by atoms with Gasteiger partial charge in [-0.1, -0.05) is 24.3 Å². The quantitative estimate of drug-likeness (QED) is 0.755. The Balaban J connectivity index is 2.30. The Morgan fingerprint density at radius 1 is 1.29 bits per heavy atom. The first-order valence-electron chi connectivity index (χ1n) is 6.99. The molecule has 1 aromatic rings. The molecule has 0 spiro atoms. The molecule has 1 aliphatic heterocycles. The van der Waals surface area contributed by atoms with Gasteiger partial charge < -0.3 is 4.90 Å². The van der Waals surface area contributed by atoms with Crippen LogP contribution in [0.1, 0.15) is 5.56 Å². The third kappa shape index (κ3) is 3.93. The molecule has 1 aromatic carbocycles. The van der Waals surface area contributed by atoms with Crippen molar-refractivity contribution in [3.05, 3.63) is 61.2 Å². The van der Waals surface area contributed by atoms with Gasteiger partial charge in [-0.25, -0.2) is 0 Å². The summed E-state index contributed by atoms with van der Waals surface area (Å²) in [5.74, 6) is 0. The second-order valence-electron chi connectivity index (χ2n) is 5.05. The first kappa shape index (κ1) is 15.7. The van der Waals surface area contributed by atoms with Gasteiger partial charge in [0.15, 0.2) is 0 Å². The first-order valence-corrected chi connectivity index (χ1v) is 8.54. The predicted octanol–water partition coefficient (Wildman–Crippen LogP) is 2.71. The smallest absolute Gasteiger partial charge is 0.0716 e. The van der Waals surface area contributed by atoms with Gasteiger partial charge in [0.1, 0.15) is 0 Å². The van der Waals surface area contributed by atoms with E-state index in [0.29, 0.717) is 0 Å². The monoisotopic (exact) mass is 302 g/mol. The van der Waals surface area contributed by atoms with Crippen LogP contribution in [-0.2, 0) is 10.8 Å². The molecule has 0 N–H and O–H groups in total. The van der Waals surface area contributed by atoms with Crippen LogP contribution in [0, 0.1) is 0 Å². The van der Waals surface area contributed by atoms with Crippen molar-refractivity contribution in [2.24, 2.45) is 0 Å². The van der Waals surface area contributed by atoms with Crippen molar-refractivity contribution >= 4 is 16.5 Å². The van der Waals surface area contributed by atoms with Gasteiger partial charge in [-0.05, 0) is 23.8 Å². The minimum Gasteiger partial charge on any atom is -0.355 e. The highest BCUT2D eigenvalue weighted by molar-refractivity contribution is 7.84. The first-order chi connectivity index (χ1) is 10.2. The largest absolute Gasteiger partial charge is 0.355 e. The summed E-state index contributed by atoms with van der Waals surface area (Å²) >= 11 is 0. The van der Waals surface area contributed by atoms with Crippen LogP contribution in [0.25, 0.3) is 5.70 Å². The third-order valence-electron chi connectivity index (χ3n) is 3.45. The fraction of sp³-hybridized carbons (Fsp3) is 0.294. The Hall–Kier alpha value is -1.65. The topological polar surface area (TPSA) is 23.6 Å². The normalized spacial score (nSPS) is 17.2. The lowest BCUT2D eigenvalue weighted by molar-refractivity contribution is 0.207. The maximum absolute atomic E-state index is 11.7.